The van der Waals surface area contributed by atoms with Crippen molar-refractivity contribution in [2.75, 3.05) is 0 Å². The molecule has 14 heavy (non-hydrogen) atoms. The van der Waals surface area contributed by atoms with Gasteiger partial charge in [0.15, 0.2) is 0 Å². The summed E-state index contributed by atoms with van der Waals surface area (Å²) in [5, 5.41) is 0. The van der Waals surface area contributed by atoms with E-state index in [1.807, 2.05) is 0 Å². The molecule has 0 heterocycles. The smallest absolute Gasteiger partial charge is 0.139 e. The zero-order chi connectivity index (χ0) is 10.0. The lowest BCUT2D eigenvalue weighted by atomic mass is 9.69. The van der Waals surface area contributed by atoms with Gasteiger partial charge in [-0.3, -0.25) is 4.79 Å². The summed E-state index contributed by atoms with van der Waals surface area (Å²) < 4.78 is 0. The van der Waals surface area contributed by atoms with Crippen molar-refractivity contribution >= 4 is 5.78 Å². The monoisotopic (exact) mass is 194 g/mol. The summed E-state index contributed by atoms with van der Waals surface area (Å²) in [6.45, 7) is 2.20. The third-order valence-electron chi connectivity index (χ3n) is 4.33. The fraction of sp³-hybridized carbons (Fsp3) is 0.923. The largest absolute Gasteiger partial charge is 0.299 e. The van der Waals surface area contributed by atoms with Gasteiger partial charge in [0, 0.05) is 11.8 Å². The molecule has 0 spiro atoms. The van der Waals surface area contributed by atoms with Crippen LogP contribution in [0.3, 0.4) is 0 Å². The second-order valence-electron chi connectivity index (χ2n) is 5.55. The molecule has 2 saturated carbocycles. The number of ketones is 1. The summed E-state index contributed by atoms with van der Waals surface area (Å²) in [7, 11) is 0. The van der Waals surface area contributed by atoms with Crippen LogP contribution in [0, 0.1) is 11.3 Å². The van der Waals surface area contributed by atoms with E-state index in [0.717, 1.165) is 25.2 Å². The summed E-state index contributed by atoms with van der Waals surface area (Å²) in [5.41, 5.74) is 0.0633. The van der Waals surface area contributed by atoms with E-state index in [4.69, 9.17) is 0 Å². The molecule has 0 aromatic heterocycles. The second-order valence-corrected chi connectivity index (χ2v) is 5.55. The normalized spacial score (nSPS) is 26.9. The van der Waals surface area contributed by atoms with Gasteiger partial charge in [-0.1, -0.05) is 45.4 Å². The van der Waals surface area contributed by atoms with E-state index in [2.05, 4.69) is 6.92 Å². The Morgan fingerprint density at radius 3 is 2.29 bits per heavy atom. The van der Waals surface area contributed by atoms with Crippen LogP contribution >= 0.6 is 0 Å². The number of rotatable bonds is 3. The van der Waals surface area contributed by atoms with E-state index in [1.165, 1.54) is 38.5 Å². The number of hydrogen-bond donors (Lipinski definition) is 0. The maximum absolute atomic E-state index is 12.1. The number of carbonyl (C=O) groups is 1. The van der Waals surface area contributed by atoms with Crippen LogP contribution in [0.15, 0.2) is 0 Å². The van der Waals surface area contributed by atoms with Gasteiger partial charge in [0.25, 0.3) is 0 Å². The summed E-state index contributed by atoms with van der Waals surface area (Å²) in [6.07, 6.45) is 11.0. The molecule has 80 valence electrons. The second kappa shape index (κ2) is 4.04. The molecule has 2 rings (SSSR count). The molecule has 0 aromatic carbocycles. The Balaban J connectivity index is 1.87. The van der Waals surface area contributed by atoms with Gasteiger partial charge < -0.3 is 0 Å². The van der Waals surface area contributed by atoms with Gasteiger partial charge in [-0.2, -0.15) is 0 Å². The molecule has 2 aliphatic carbocycles. The average Bonchev–Trinajstić information content (AvgIpc) is 2.12. The summed E-state index contributed by atoms with van der Waals surface area (Å²) >= 11 is 0. The van der Waals surface area contributed by atoms with Crippen LogP contribution in [0.4, 0.5) is 0 Å². The van der Waals surface area contributed by atoms with Crippen molar-refractivity contribution in [3.8, 4) is 0 Å². The van der Waals surface area contributed by atoms with Crippen LogP contribution in [-0.2, 0) is 4.79 Å². The number of Topliss-reactive ketones (excluding diaryl/α,β-unsaturated/α-hetero) is 1. The lowest BCUT2D eigenvalue weighted by molar-refractivity contribution is -0.131. The van der Waals surface area contributed by atoms with E-state index < -0.39 is 0 Å². The third kappa shape index (κ3) is 2.02. The molecule has 0 aliphatic heterocycles. The maximum atomic E-state index is 12.1. The van der Waals surface area contributed by atoms with Crippen LogP contribution in [0.2, 0.25) is 0 Å². The Morgan fingerprint density at radius 2 is 1.79 bits per heavy atom. The van der Waals surface area contributed by atoms with Crippen molar-refractivity contribution in [1.29, 1.82) is 0 Å². The molecule has 0 radical (unpaired) electrons. The summed E-state index contributed by atoms with van der Waals surface area (Å²) in [5.74, 6) is 1.32. The molecule has 0 bridgehead atoms. The molecule has 0 aromatic rings. The fourth-order valence-electron chi connectivity index (χ4n) is 2.82. The Bertz CT molecular complexity index is 209. The van der Waals surface area contributed by atoms with E-state index in [0.29, 0.717) is 5.78 Å². The highest BCUT2D eigenvalue weighted by Gasteiger charge is 2.35. The highest BCUT2D eigenvalue weighted by molar-refractivity contribution is 5.84. The summed E-state index contributed by atoms with van der Waals surface area (Å²) in [6, 6.07) is 0. The molecule has 2 aliphatic rings. The first kappa shape index (κ1) is 10.2. The van der Waals surface area contributed by atoms with E-state index in [-0.39, 0.29) is 5.41 Å². The fourth-order valence-corrected chi connectivity index (χ4v) is 2.82. The Hall–Kier alpha value is -0.330. The minimum Gasteiger partial charge on any atom is -0.299 e. The van der Waals surface area contributed by atoms with E-state index >= 15 is 0 Å². The van der Waals surface area contributed by atoms with Crippen LogP contribution in [0.5, 0.6) is 0 Å². The molecular weight excluding hydrogens is 172 g/mol. The number of hydrogen-bond acceptors (Lipinski definition) is 1. The van der Waals surface area contributed by atoms with E-state index in [1.54, 1.807) is 0 Å². The maximum Gasteiger partial charge on any atom is 0.139 e. The Morgan fingerprint density at radius 1 is 1.14 bits per heavy atom. The highest BCUT2D eigenvalue weighted by Crippen LogP contribution is 2.40. The van der Waals surface area contributed by atoms with Crippen molar-refractivity contribution < 1.29 is 4.79 Å². The molecule has 2 fully saturated rings. The number of carbonyl (C=O) groups excluding carboxylic acids is 1. The standard InChI is InChI=1S/C13H22O/c1-13(8-3-2-4-9-13)12(14)10-11-6-5-7-11/h11H,2-10H2,1H3. The zero-order valence-electron chi connectivity index (χ0n) is 9.35. The minimum absolute atomic E-state index is 0.0633. The molecule has 0 N–H and O–H groups in total. The van der Waals surface area contributed by atoms with Gasteiger partial charge in [0.05, 0.1) is 0 Å². The first-order chi connectivity index (χ1) is 6.71. The van der Waals surface area contributed by atoms with Gasteiger partial charge in [-0.25, -0.2) is 0 Å². The first-order valence-electron chi connectivity index (χ1n) is 6.24. The quantitative estimate of drug-likeness (QED) is 0.669. The van der Waals surface area contributed by atoms with Gasteiger partial charge >= 0.3 is 0 Å². The van der Waals surface area contributed by atoms with Gasteiger partial charge in [0.1, 0.15) is 5.78 Å². The first-order valence-corrected chi connectivity index (χ1v) is 6.24. The van der Waals surface area contributed by atoms with Crippen LogP contribution in [-0.4, -0.2) is 5.78 Å². The molecule has 0 amide bonds. The predicted molar refractivity (Wildman–Crippen MR) is 58.2 cm³/mol. The van der Waals surface area contributed by atoms with Crippen molar-refractivity contribution in [2.24, 2.45) is 11.3 Å². The molecule has 0 unspecified atom stereocenters. The molecule has 1 heteroatoms. The predicted octanol–water partition coefficient (Wildman–Crippen LogP) is 3.72. The Labute approximate surface area is 87.3 Å². The summed E-state index contributed by atoms with van der Waals surface area (Å²) in [4.78, 5) is 12.1. The lowest BCUT2D eigenvalue weighted by Gasteiger charge is -2.35. The zero-order valence-corrected chi connectivity index (χ0v) is 9.35. The third-order valence-corrected chi connectivity index (χ3v) is 4.33. The van der Waals surface area contributed by atoms with E-state index in [9.17, 15) is 4.79 Å². The molecule has 1 nitrogen and oxygen atoms in total. The van der Waals surface area contributed by atoms with Gasteiger partial charge in [-0.15, -0.1) is 0 Å². The molecular formula is C13H22O. The van der Waals surface area contributed by atoms with Crippen LogP contribution in [0.25, 0.3) is 0 Å². The van der Waals surface area contributed by atoms with Crippen molar-refractivity contribution in [2.45, 2.75) is 64.7 Å². The highest BCUT2D eigenvalue weighted by atomic mass is 16.1. The lowest BCUT2D eigenvalue weighted by Crippen LogP contribution is -2.32. The topological polar surface area (TPSA) is 17.1 Å². The minimum atomic E-state index is 0.0633. The molecule has 0 atom stereocenters. The van der Waals surface area contributed by atoms with Crippen molar-refractivity contribution in [3.63, 3.8) is 0 Å². The average molecular weight is 194 g/mol. The van der Waals surface area contributed by atoms with Crippen molar-refractivity contribution in [3.05, 3.63) is 0 Å². The van der Waals surface area contributed by atoms with Gasteiger partial charge in [-0.05, 0) is 18.8 Å². The molecule has 0 saturated heterocycles. The SMILES string of the molecule is CC1(C(=O)CC2CCC2)CCCCC1. The van der Waals surface area contributed by atoms with Gasteiger partial charge in [0.2, 0.25) is 0 Å². The van der Waals surface area contributed by atoms with Crippen molar-refractivity contribution in [1.82, 2.24) is 0 Å². The Kier molecular flexibility index (Phi) is 2.94. The van der Waals surface area contributed by atoms with Crippen LogP contribution < -0.4 is 0 Å². The van der Waals surface area contributed by atoms with Crippen LogP contribution in [0.1, 0.15) is 64.7 Å².